The summed E-state index contributed by atoms with van der Waals surface area (Å²) in [6.07, 6.45) is 5.34. The zero-order valence-corrected chi connectivity index (χ0v) is 11.7. The van der Waals surface area contributed by atoms with Crippen molar-refractivity contribution in [1.82, 2.24) is 9.97 Å². The van der Waals surface area contributed by atoms with Crippen molar-refractivity contribution in [1.29, 1.82) is 0 Å². The fourth-order valence-electron chi connectivity index (χ4n) is 1.21. The first-order valence-electron chi connectivity index (χ1n) is 5.53. The number of hydrogen-bond donors (Lipinski definition) is 1. The molecule has 0 aliphatic carbocycles. The van der Waals surface area contributed by atoms with E-state index in [-0.39, 0.29) is 11.5 Å². The summed E-state index contributed by atoms with van der Waals surface area (Å²) in [6.45, 7) is 9.90. The minimum absolute atomic E-state index is 0.0903. The second kappa shape index (κ2) is 4.93. The first-order chi connectivity index (χ1) is 7.75. The Bertz CT molecular complexity index is 455. The molecule has 0 spiro atoms. The number of hydrogen-bond acceptors (Lipinski definition) is 3. The highest BCUT2D eigenvalue weighted by Crippen LogP contribution is 2.26. The van der Waals surface area contributed by atoms with Gasteiger partial charge in [-0.15, -0.1) is 6.42 Å². The summed E-state index contributed by atoms with van der Waals surface area (Å²) in [5.41, 5.74) is 0.675. The Labute approximate surface area is 108 Å². The molecule has 0 saturated heterocycles. The van der Waals surface area contributed by atoms with Crippen LogP contribution in [-0.2, 0) is 5.41 Å². The second-order valence-corrected chi connectivity index (χ2v) is 5.45. The lowest BCUT2D eigenvalue weighted by Gasteiger charge is -2.20. The lowest BCUT2D eigenvalue weighted by Crippen LogP contribution is -2.20. The normalized spacial score (nSPS) is 13.0. The third-order valence-corrected chi connectivity index (χ3v) is 2.73. The van der Waals surface area contributed by atoms with Crippen LogP contribution in [0.2, 0.25) is 5.15 Å². The molecule has 17 heavy (non-hydrogen) atoms. The first-order valence-corrected chi connectivity index (χ1v) is 5.90. The van der Waals surface area contributed by atoms with Gasteiger partial charge < -0.3 is 5.32 Å². The van der Waals surface area contributed by atoms with Crippen LogP contribution in [0.3, 0.4) is 0 Å². The molecule has 1 rings (SSSR count). The summed E-state index contributed by atoms with van der Waals surface area (Å²) in [5, 5.41) is 3.61. The zero-order chi connectivity index (χ0) is 13.2. The molecular weight excluding hydrogens is 234 g/mol. The van der Waals surface area contributed by atoms with Crippen molar-refractivity contribution < 1.29 is 0 Å². The van der Waals surface area contributed by atoms with E-state index in [0.29, 0.717) is 16.8 Å². The van der Waals surface area contributed by atoms with Crippen LogP contribution in [0.1, 0.15) is 39.1 Å². The molecule has 1 atom stereocenters. The van der Waals surface area contributed by atoms with Crippen LogP contribution >= 0.6 is 11.6 Å². The predicted octanol–water partition coefficient (Wildman–Crippen LogP) is 3.17. The standard InChI is InChI=1S/C13H18ClN3/c1-7-8(2)15-11-9(3)10(14)16-12(17-11)13(4,5)6/h1,8H,2-6H3,(H,15,16,17). The van der Waals surface area contributed by atoms with Crippen LogP contribution < -0.4 is 5.32 Å². The zero-order valence-electron chi connectivity index (χ0n) is 10.9. The van der Waals surface area contributed by atoms with Crippen molar-refractivity contribution in [3.05, 3.63) is 16.5 Å². The van der Waals surface area contributed by atoms with Gasteiger partial charge in [0.1, 0.15) is 16.8 Å². The Morgan fingerprint density at radius 3 is 2.41 bits per heavy atom. The Balaban J connectivity index is 3.22. The van der Waals surface area contributed by atoms with E-state index in [1.165, 1.54) is 0 Å². The van der Waals surface area contributed by atoms with Gasteiger partial charge in [-0.2, -0.15) is 0 Å². The van der Waals surface area contributed by atoms with Crippen molar-refractivity contribution in [2.75, 3.05) is 5.32 Å². The van der Waals surface area contributed by atoms with Gasteiger partial charge >= 0.3 is 0 Å². The summed E-state index contributed by atoms with van der Waals surface area (Å²) in [4.78, 5) is 8.79. The monoisotopic (exact) mass is 251 g/mol. The molecule has 0 radical (unpaired) electrons. The Kier molecular flexibility index (Phi) is 4.00. The molecule has 0 saturated carbocycles. The molecule has 0 fully saturated rings. The third kappa shape index (κ3) is 3.34. The SMILES string of the molecule is C#CC(C)Nc1nc(C(C)(C)C)nc(Cl)c1C. The number of terminal acetylenes is 1. The van der Waals surface area contributed by atoms with Gasteiger partial charge in [0, 0.05) is 11.0 Å². The Morgan fingerprint density at radius 1 is 1.35 bits per heavy atom. The molecule has 4 heteroatoms. The maximum atomic E-state index is 6.11. The van der Waals surface area contributed by atoms with E-state index in [1.807, 2.05) is 34.6 Å². The van der Waals surface area contributed by atoms with E-state index in [9.17, 15) is 0 Å². The van der Waals surface area contributed by atoms with Gasteiger partial charge in [0.05, 0.1) is 6.04 Å². The van der Waals surface area contributed by atoms with Crippen molar-refractivity contribution >= 4 is 17.4 Å². The molecule has 0 bridgehead atoms. The van der Waals surface area contributed by atoms with Crippen molar-refractivity contribution in [2.24, 2.45) is 0 Å². The summed E-state index contributed by atoms with van der Waals surface area (Å²) in [5.74, 6) is 4.02. The fourth-order valence-corrected chi connectivity index (χ4v) is 1.38. The average Bonchev–Trinajstić information content (AvgIpc) is 2.22. The van der Waals surface area contributed by atoms with Crippen LogP contribution in [0.15, 0.2) is 0 Å². The Morgan fingerprint density at radius 2 is 1.94 bits per heavy atom. The number of rotatable bonds is 2. The molecule has 0 aliphatic heterocycles. The molecule has 0 amide bonds. The van der Waals surface area contributed by atoms with Crippen LogP contribution in [0.4, 0.5) is 5.82 Å². The molecule has 92 valence electrons. The summed E-state index contributed by atoms with van der Waals surface area (Å²) >= 11 is 6.11. The lowest BCUT2D eigenvalue weighted by molar-refractivity contribution is 0.545. The smallest absolute Gasteiger partial charge is 0.137 e. The molecule has 1 aromatic rings. The van der Waals surface area contributed by atoms with Crippen LogP contribution in [0.5, 0.6) is 0 Å². The molecule has 1 unspecified atom stereocenters. The highest BCUT2D eigenvalue weighted by molar-refractivity contribution is 6.30. The van der Waals surface area contributed by atoms with E-state index in [1.54, 1.807) is 0 Å². The fraction of sp³-hybridized carbons (Fsp3) is 0.538. The molecule has 0 aliphatic rings. The first kappa shape index (κ1) is 13.8. The quantitative estimate of drug-likeness (QED) is 0.648. The maximum Gasteiger partial charge on any atom is 0.137 e. The van der Waals surface area contributed by atoms with Gasteiger partial charge in [-0.05, 0) is 13.8 Å². The lowest BCUT2D eigenvalue weighted by atomic mass is 9.95. The van der Waals surface area contributed by atoms with Gasteiger partial charge in [-0.25, -0.2) is 9.97 Å². The topological polar surface area (TPSA) is 37.8 Å². The number of aromatic nitrogens is 2. The van der Waals surface area contributed by atoms with Gasteiger partial charge in [-0.3, -0.25) is 0 Å². The molecule has 0 aromatic carbocycles. The maximum absolute atomic E-state index is 6.11. The van der Waals surface area contributed by atoms with Gasteiger partial charge in [-0.1, -0.05) is 38.3 Å². The van der Waals surface area contributed by atoms with Gasteiger partial charge in [0.25, 0.3) is 0 Å². The Hall–Kier alpha value is -1.27. The van der Waals surface area contributed by atoms with Crippen molar-refractivity contribution in [2.45, 2.75) is 46.1 Å². The van der Waals surface area contributed by atoms with Crippen molar-refractivity contribution in [3.8, 4) is 12.3 Å². The van der Waals surface area contributed by atoms with E-state index in [2.05, 4.69) is 21.2 Å². The number of halogens is 1. The minimum Gasteiger partial charge on any atom is -0.356 e. The second-order valence-electron chi connectivity index (χ2n) is 5.09. The predicted molar refractivity (Wildman–Crippen MR) is 72.4 cm³/mol. The van der Waals surface area contributed by atoms with E-state index >= 15 is 0 Å². The number of nitrogens with one attached hydrogen (secondary N) is 1. The number of nitrogens with zero attached hydrogens (tertiary/aromatic N) is 2. The van der Waals surface area contributed by atoms with Crippen LogP contribution in [0, 0.1) is 19.3 Å². The van der Waals surface area contributed by atoms with Crippen molar-refractivity contribution in [3.63, 3.8) is 0 Å². The molecule has 3 nitrogen and oxygen atoms in total. The van der Waals surface area contributed by atoms with Gasteiger partial charge in [0.2, 0.25) is 0 Å². The van der Waals surface area contributed by atoms with E-state index in [4.69, 9.17) is 18.0 Å². The highest BCUT2D eigenvalue weighted by atomic mass is 35.5. The average molecular weight is 252 g/mol. The molecule has 1 N–H and O–H groups in total. The molecule has 1 aromatic heterocycles. The number of anilines is 1. The summed E-state index contributed by atoms with van der Waals surface area (Å²) in [6, 6.07) is -0.0903. The molecular formula is C13H18ClN3. The summed E-state index contributed by atoms with van der Waals surface area (Å²) in [7, 11) is 0. The van der Waals surface area contributed by atoms with Gasteiger partial charge in [0.15, 0.2) is 0 Å². The summed E-state index contributed by atoms with van der Waals surface area (Å²) < 4.78 is 0. The van der Waals surface area contributed by atoms with E-state index in [0.717, 1.165) is 5.56 Å². The minimum atomic E-state index is -0.146. The highest BCUT2D eigenvalue weighted by Gasteiger charge is 2.20. The van der Waals surface area contributed by atoms with E-state index < -0.39 is 0 Å². The van der Waals surface area contributed by atoms with Crippen LogP contribution in [-0.4, -0.2) is 16.0 Å². The largest absolute Gasteiger partial charge is 0.356 e. The third-order valence-electron chi connectivity index (χ3n) is 2.36. The molecule has 1 heterocycles. The van der Waals surface area contributed by atoms with Crippen LogP contribution in [0.25, 0.3) is 0 Å².